The number of piperazine rings is 1. The zero-order chi connectivity index (χ0) is 25.1. The molecule has 0 unspecified atom stereocenters. The number of fused-ring (bicyclic) bond motifs is 1. The number of aromatic amines is 1. The van der Waals surface area contributed by atoms with Gasteiger partial charge in [0, 0.05) is 44.1 Å². The Morgan fingerprint density at radius 2 is 1.67 bits per heavy atom. The summed E-state index contributed by atoms with van der Waals surface area (Å²) in [7, 11) is 1.48. The molecule has 4 heterocycles. The summed E-state index contributed by atoms with van der Waals surface area (Å²) < 4.78 is 5.44. The van der Waals surface area contributed by atoms with Gasteiger partial charge in [-0.1, -0.05) is 24.3 Å². The quantitative estimate of drug-likeness (QED) is 0.319. The van der Waals surface area contributed by atoms with Crippen LogP contribution in [0.15, 0.2) is 67.1 Å². The van der Waals surface area contributed by atoms with Gasteiger partial charge in [-0.2, -0.15) is 0 Å². The maximum atomic E-state index is 13.3. The third kappa shape index (κ3) is 4.36. The monoisotopic (exact) mass is 484 g/mol. The van der Waals surface area contributed by atoms with E-state index >= 15 is 0 Å². The van der Waals surface area contributed by atoms with Crippen molar-refractivity contribution in [2.45, 2.75) is 0 Å². The highest BCUT2D eigenvalue weighted by molar-refractivity contribution is 6.45. The number of pyridine rings is 2. The molecule has 1 fully saturated rings. The Labute approximate surface area is 206 Å². The molecule has 10 heteroatoms. The van der Waals surface area contributed by atoms with Gasteiger partial charge in [0.15, 0.2) is 5.82 Å². The molecule has 36 heavy (non-hydrogen) atoms. The molecule has 0 spiro atoms. The largest absolute Gasteiger partial charge is 0.494 e. The number of methoxy groups -OCH3 is 1. The average molecular weight is 485 g/mol. The fourth-order valence-corrected chi connectivity index (χ4v) is 4.24. The summed E-state index contributed by atoms with van der Waals surface area (Å²) in [6.07, 6.45) is 4.64. The number of benzene rings is 1. The van der Waals surface area contributed by atoms with Gasteiger partial charge in [0.1, 0.15) is 11.6 Å². The number of carbonyl (C=O) groups excluding carboxylic acids is 3. The van der Waals surface area contributed by atoms with Gasteiger partial charge in [-0.15, -0.1) is 0 Å². The number of ether oxygens (including phenoxy) is 1. The first kappa shape index (κ1) is 23.0. The molecule has 3 aromatic heterocycles. The second-order valence-electron chi connectivity index (χ2n) is 8.25. The summed E-state index contributed by atoms with van der Waals surface area (Å²) in [6, 6.07) is 14.4. The van der Waals surface area contributed by atoms with Crippen molar-refractivity contribution in [2.24, 2.45) is 0 Å². The Bertz CT molecular complexity index is 1410. The maximum absolute atomic E-state index is 13.3. The van der Waals surface area contributed by atoms with Crippen molar-refractivity contribution >= 4 is 40.1 Å². The Kier molecular flexibility index (Phi) is 6.31. The van der Waals surface area contributed by atoms with Gasteiger partial charge in [0.25, 0.3) is 17.6 Å². The van der Waals surface area contributed by atoms with E-state index in [9.17, 15) is 14.4 Å². The van der Waals surface area contributed by atoms with E-state index in [1.54, 1.807) is 35.4 Å². The molecule has 0 aliphatic carbocycles. The first-order valence-corrected chi connectivity index (χ1v) is 11.5. The second-order valence-corrected chi connectivity index (χ2v) is 8.25. The average Bonchev–Trinajstić information content (AvgIpc) is 3.39. The highest BCUT2D eigenvalue weighted by Crippen LogP contribution is 2.33. The van der Waals surface area contributed by atoms with E-state index in [2.05, 4.69) is 20.3 Å². The SMILES string of the molecule is COc1cnc(Nc2ccccn2)c2[nH]cc(C(=O)C(=O)N3CCN(C(=O)c4ccccc4)CC3)c12. The third-order valence-electron chi connectivity index (χ3n) is 6.12. The lowest BCUT2D eigenvalue weighted by molar-refractivity contribution is -0.127. The Balaban J connectivity index is 1.34. The first-order valence-electron chi connectivity index (χ1n) is 11.5. The van der Waals surface area contributed by atoms with E-state index in [0.29, 0.717) is 46.9 Å². The lowest BCUT2D eigenvalue weighted by atomic mass is 10.1. The smallest absolute Gasteiger partial charge is 0.295 e. The Morgan fingerprint density at radius 3 is 2.36 bits per heavy atom. The third-order valence-corrected chi connectivity index (χ3v) is 6.12. The number of hydrogen-bond acceptors (Lipinski definition) is 7. The molecule has 10 nitrogen and oxygen atoms in total. The molecule has 0 atom stereocenters. The van der Waals surface area contributed by atoms with Gasteiger partial charge in [-0.3, -0.25) is 14.4 Å². The number of hydrogen-bond donors (Lipinski definition) is 2. The van der Waals surface area contributed by atoms with Crippen molar-refractivity contribution in [3.8, 4) is 5.75 Å². The summed E-state index contributed by atoms with van der Waals surface area (Å²) in [6.45, 7) is 1.26. The summed E-state index contributed by atoms with van der Waals surface area (Å²) in [5.74, 6) is 0.0308. The molecule has 5 rings (SSSR count). The summed E-state index contributed by atoms with van der Waals surface area (Å²) >= 11 is 0. The van der Waals surface area contributed by atoms with Crippen molar-refractivity contribution in [2.75, 3.05) is 38.6 Å². The lowest BCUT2D eigenvalue weighted by Crippen LogP contribution is -2.52. The van der Waals surface area contributed by atoms with E-state index in [1.165, 1.54) is 24.4 Å². The number of rotatable bonds is 6. The zero-order valence-corrected chi connectivity index (χ0v) is 19.6. The minimum Gasteiger partial charge on any atom is -0.494 e. The van der Waals surface area contributed by atoms with Crippen molar-refractivity contribution in [3.63, 3.8) is 0 Å². The Morgan fingerprint density at radius 1 is 0.944 bits per heavy atom. The van der Waals surface area contributed by atoms with Gasteiger partial charge in [-0.25, -0.2) is 9.97 Å². The van der Waals surface area contributed by atoms with Crippen molar-refractivity contribution in [1.29, 1.82) is 0 Å². The van der Waals surface area contributed by atoms with Crippen LogP contribution < -0.4 is 10.1 Å². The molecule has 0 radical (unpaired) electrons. The number of anilines is 2. The first-order chi connectivity index (χ1) is 17.6. The number of nitrogens with zero attached hydrogens (tertiary/aromatic N) is 4. The van der Waals surface area contributed by atoms with Crippen molar-refractivity contribution < 1.29 is 19.1 Å². The van der Waals surface area contributed by atoms with Crippen LogP contribution in [0.1, 0.15) is 20.7 Å². The van der Waals surface area contributed by atoms with Crippen molar-refractivity contribution in [3.05, 3.63) is 78.2 Å². The number of amides is 2. The molecule has 1 saturated heterocycles. The van der Waals surface area contributed by atoms with Gasteiger partial charge >= 0.3 is 0 Å². The van der Waals surface area contributed by atoms with Gasteiger partial charge in [0.2, 0.25) is 0 Å². The molecule has 0 bridgehead atoms. The number of ketones is 1. The molecule has 1 aliphatic rings. The molecule has 1 aliphatic heterocycles. The van der Waals surface area contributed by atoms with Gasteiger partial charge in [0.05, 0.1) is 29.8 Å². The van der Waals surface area contributed by atoms with Crippen LogP contribution in [0.4, 0.5) is 11.6 Å². The predicted octanol–water partition coefficient (Wildman–Crippen LogP) is 2.88. The van der Waals surface area contributed by atoms with Crippen LogP contribution in [0.3, 0.4) is 0 Å². The van der Waals surface area contributed by atoms with Crippen LogP contribution in [-0.4, -0.2) is 75.6 Å². The van der Waals surface area contributed by atoms with E-state index in [0.717, 1.165) is 0 Å². The zero-order valence-electron chi connectivity index (χ0n) is 19.6. The van der Waals surface area contributed by atoms with Gasteiger partial charge in [-0.05, 0) is 24.3 Å². The van der Waals surface area contributed by atoms with Crippen LogP contribution in [0.5, 0.6) is 5.75 Å². The predicted molar refractivity (Wildman–Crippen MR) is 133 cm³/mol. The molecule has 2 amide bonds. The van der Waals surface area contributed by atoms with E-state index in [-0.39, 0.29) is 24.6 Å². The molecule has 182 valence electrons. The Hall–Kier alpha value is -4.73. The fraction of sp³-hybridized carbons (Fsp3) is 0.192. The number of carbonyl (C=O) groups is 3. The number of nitrogens with one attached hydrogen (secondary N) is 2. The topological polar surface area (TPSA) is 121 Å². The van der Waals surface area contributed by atoms with Crippen LogP contribution in [0.25, 0.3) is 10.9 Å². The molecule has 1 aromatic carbocycles. The summed E-state index contributed by atoms with van der Waals surface area (Å²) in [4.78, 5) is 54.0. The molecular weight excluding hydrogens is 460 g/mol. The van der Waals surface area contributed by atoms with Crippen molar-refractivity contribution in [1.82, 2.24) is 24.8 Å². The number of Topliss-reactive ketones (excluding diaryl/α,β-unsaturated/α-hetero) is 1. The number of aromatic nitrogens is 3. The van der Waals surface area contributed by atoms with E-state index < -0.39 is 11.7 Å². The van der Waals surface area contributed by atoms with Crippen LogP contribution in [0.2, 0.25) is 0 Å². The minimum absolute atomic E-state index is 0.0872. The molecule has 4 aromatic rings. The number of H-pyrrole nitrogens is 1. The minimum atomic E-state index is -0.655. The fourth-order valence-electron chi connectivity index (χ4n) is 4.24. The normalized spacial score (nSPS) is 13.5. The molecular formula is C26H24N6O4. The van der Waals surface area contributed by atoms with E-state index in [4.69, 9.17) is 4.74 Å². The summed E-state index contributed by atoms with van der Waals surface area (Å²) in [5, 5.41) is 3.58. The standard InChI is InChI=1S/C26H24N6O4/c1-36-19-16-29-24(30-20-9-5-6-10-27-20)22-21(19)18(15-28-22)23(33)26(35)32-13-11-31(12-14-32)25(34)17-7-3-2-4-8-17/h2-10,15-16,28H,11-14H2,1H3,(H,27,29,30). The van der Waals surface area contributed by atoms with Crippen LogP contribution in [0, 0.1) is 0 Å². The second kappa shape index (κ2) is 9.87. The van der Waals surface area contributed by atoms with E-state index in [1.807, 2.05) is 24.3 Å². The highest BCUT2D eigenvalue weighted by atomic mass is 16.5. The van der Waals surface area contributed by atoms with Crippen LogP contribution >= 0.6 is 0 Å². The lowest BCUT2D eigenvalue weighted by Gasteiger charge is -2.34. The maximum Gasteiger partial charge on any atom is 0.295 e. The summed E-state index contributed by atoms with van der Waals surface area (Å²) in [5.41, 5.74) is 1.32. The highest BCUT2D eigenvalue weighted by Gasteiger charge is 2.31. The molecule has 2 N–H and O–H groups in total. The molecule has 0 saturated carbocycles. The van der Waals surface area contributed by atoms with Gasteiger partial charge < -0.3 is 24.8 Å². The van der Waals surface area contributed by atoms with Crippen LogP contribution in [-0.2, 0) is 4.79 Å².